The van der Waals surface area contributed by atoms with E-state index in [1.165, 1.54) is 0 Å². The molecule has 1 amide bonds. The number of benzene rings is 1. The standard InChI is InChI=1S/C9H7N3O/c10-4-5-1-2-6-7(3-5)12-9(13)8(6)11/h1-3,8H,11H2,(H,12,13)/t8-/m1/s1. The van der Waals surface area contributed by atoms with Gasteiger partial charge in [0, 0.05) is 11.3 Å². The summed E-state index contributed by atoms with van der Waals surface area (Å²) >= 11 is 0. The van der Waals surface area contributed by atoms with E-state index in [4.69, 9.17) is 11.0 Å². The molecule has 0 unspecified atom stereocenters. The summed E-state index contributed by atoms with van der Waals surface area (Å²) in [7, 11) is 0. The van der Waals surface area contributed by atoms with Crippen LogP contribution in [0.15, 0.2) is 18.2 Å². The van der Waals surface area contributed by atoms with Crippen LogP contribution in [0.4, 0.5) is 5.69 Å². The van der Waals surface area contributed by atoms with E-state index >= 15 is 0 Å². The van der Waals surface area contributed by atoms with Gasteiger partial charge in [0.05, 0.1) is 11.6 Å². The van der Waals surface area contributed by atoms with E-state index in [0.717, 1.165) is 5.56 Å². The number of carbonyl (C=O) groups excluding carboxylic acids is 1. The monoisotopic (exact) mass is 173 g/mol. The number of rotatable bonds is 0. The van der Waals surface area contributed by atoms with Crippen LogP contribution in [0.2, 0.25) is 0 Å². The molecule has 1 atom stereocenters. The number of carbonyl (C=O) groups is 1. The number of hydrogen-bond acceptors (Lipinski definition) is 3. The zero-order valence-electron chi connectivity index (χ0n) is 6.74. The Balaban J connectivity index is 2.54. The second-order valence-electron chi connectivity index (χ2n) is 2.88. The summed E-state index contributed by atoms with van der Waals surface area (Å²) in [6.07, 6.45) is 0. The molecular formula is C9H7N3O. The zero-order valence-corrected chi connectivity index (χ0v) is 6.74. The van der Waals surface area contributed by atoms with Gasteiger partial charge in [-0.15, -0.1) is 0 Å². The van der Waals surface area contributed by atoms with Crippen molar-refractivity contribution in [2.24, 2.45) is 5.73 Å². The molecule has 0 saturated heterocycles. The molecular weight excluding hydrogens is 166 g/mol. The lowest BCUT2D eigenvalue weighted by Crippen LogP contribution is -2.19. The molecule has 0 aliphatic carbocycles. The van der Waals surface area contributed by atoms with Crippen molar-refractivity contribution >= 4 is 11.6 Å². The third-order valence-electron chi connectivity index (χ3n) is 2.06. The van der Waals surface area contributed by atoms with Crippen LogP contribution < -0.4 is 11.1 Å². The quantitative estimate of drug-likeness (QED) is 0.600. The van der Waals surface area contributed by atoms with Crippen LogP contribution in [0.1, 0.15) is 17.2 Å². The molecule has 13 heavy (non-hydrogen) atoms. The molecule has 3 N–H and O–H groups in total. The summed E-state index contributed by atoms with van der Waals surface area (Å²) in [4.78, 5) is 11.1. The summed E-state index contributed by atoms with van der Waals surface area (Å²) in [5.41, 5.74) is 7.51. The first-order valence-electron chi connectivity index (χ1n) is 3.83. The SMILES string of the molecule is N#Cc1ccc2c(c1)NC(=O)[C@@H]2N. The maximum atomic E-state index is 11.1. The van der Waals surface area contributed by atoms with Crippen LogP contribution in [0.5, 0.6) is 0 Å². The van der Waals surface area contributed by atoms with Crippen molar-refractivity contribution in [3.05, 3.63) is 29.3 Å². The molecule has 0 aromatic heterocycles. The van der Waals surface area contributed by atoms with Crippen molar-refractivity contribution in [1.82, 2.24) is 0 Å². The molecule has 0 spiro atoms. The van der Waals surface area contributed by atoms with Gasteiger partial charge in [-0.05, 0) is 12.1 Å². The number of hydrogen-bond donors (Lipinski definition) is 2. The van der Waals surface area contributed by atoms with Gasteiger partial charge in [0.15, 0.2) is 0 Å². The highest BCUT2D eigenvalue weighted by molar-refractivity contribution is 6.02. The largest absolute Gasteiger partial charge is 0.324 e. The van der Waals surface area contributed by atoms with Crippen molar-refractivity contribution in [2.45, 2.75) is 6.04 Å². The molecule has 4 nitrogen and oxygen atoms in total. The lowest BCUT2D eigenvalue weighted by Gasteiger charge is -1.99. The predicted molar refractivity (Wildman–Crippen MR) is 46.7 cm³/mol. The molecule has 0 radical (unpaired) electrons. The number of fused-ring (bicyclic) bond motifs is 1. The molecule has 1 heterocycles. The summed E-state index contributed by atoms with van der Waals surface area (Å²) in [6.45, 7) is 0. The van der Waals surface area contributed by atoms with Crippen molar-refractivity contribution in [1.29, 1.82) is 5.26 Å². The van der Waals surface area contributed by atoms with Gasteiger partial charge in [0.25, 0.3) is 0 Å². The van der Waals surface area contributed by atoms with Gasteiger partial charge in [-0.3, -0.25) is 4.79 Å². The Morgan fingerprint density at radius 3 is 3.00 bits per heavy atom. The van der Waals surface area contributed by atoms with E-state index in [1.54, 1.807) is 18.2 Å². The van der Waals surface area contributed by atoms with Crippen molar-refractivity contribution in [2.75, 3.05) is 5.32 Å². The fourth-order valence-electron chi connectivity index (χ4n) is 1.36. The Kier molecular flexibility index (Phi) is 1.54. The average molecular weight is 173 g/mol. The van der Waals surface area contributed by atoms with Gasteiger partial charge in [-0.1, -0.05) is 6.07 Å². The number of nitrogens with two attached hydrogens (primary N) is 1. The van der Waals surface area contributed by atoms with Gasteiger partial charge in [0.1, 0.15) is 6.04 Å². The number of nitriles is 1. The van der Waals surface area contributed by atoms with E-state index in [0.29, 0.717) is 11.3 Å². The summed E-state index contributed by atoms with van der Waals surface area (Å²) in [5, 5.41) is 11.2. The minimum Gasteiger partial charge on any atom is -0.324 e. The van der Waals surface area contributed by atoms with Crippen LogP contribution in [0.3, 0.4) is 0 Å². The van der Waals surface area contributed by atoms with E-state index in [2.05, 4.69) is 5.32 Å². The van der Waals surface area contributed by atoms with Crippen molar-refractivity contribution < 1.29 is 4.79 Å². The fourth-order valence-corrected chi connectivity index (χ4v) is 1.36. The van der Waals surface area contributed by atoms with Crippen LogP contribution in [0, 0.1) is 11.3 Å². The smallest absolute Gasteiger partial charge is 0.245 e. The van der Waals surface area contributed by atoms with E-state index < -0.39 is 6.04 Å². The molecule has 2 rings (SSSR count). The molecule has 1 aliphatic heterocycles. The van der Waals surface area contributed by atoms with Crippen LogP contribution in [-0.2, 0) is 4.79 Å². The molecule has 4 heteroatoms. The van der Waals surface area contributed by atoms with Crippen LogP contribution in [0.25, 0.3) is 0 Å². The number of amides is 1. The molecule has 1 aliphatic rings. The van der Waals surface area contributed by atoms with Crippen LogP contribution >= 0.6 is 0 Å². The topological polar surface area (TPSA) is 78.9 Å². The Hall–Kier alpha value is -1.86. The molecule has 1 aromatic carbocycles. The highest BCUT2D eigenvalue weighted by Gasteiger charge is 2.26. The molecule has 0 bridgehead atoms. The lowest BCUT2D eigenvalue weighted by molar-refractivity contribution is -0.116. The van der Waals surface area contributed by atoms with Crippen LogP contribution in [-0.4, -0.2) is 5.91 Å². The average Bonchev–Trinajstić information content (AvgIpc) is 2.42. The second kappa shape index (κ2) is 2.57. The van der Waals surface area contributed by atoms with Gasteiger partial charge in [-0.25, -0.2) is 0 Å². The summed E-state index contributed by atoms with van der Waals surface area (Å²) in [5.74, 6) is -0.218. The highest BCUT2D eigenvalue weighted by atomic mass is 16.2. The maximum Gasteiger partial charge on any atom is 0.245 e. The first-order chi connectivity index (χ1) is 6.22. The van der Waals surface area contributed by atoms with Crippen molar-refractivity contribution in [3.63, 3.8) is 0 Å². The van der Waals surface area contributed by atoms with E-state index in [1.807, 2.05) is 6.07 Å². The molecule has 64 valence electrons. The maximum absolute atomic E-state index is 11.1. The van der Waals surface area contributed by atoms with E-state index in [9.17, 15) is 4.79 Å². The Bertz CT molecular complexity index is 419. The van der Waals surface area contributed by atoms with Gasteiger partial charge in [0.2, 0.25) is 5.91 Å². The Morgan fingerprint density at radius 1 is 1.54 bits per heavy atom. The summed E-state index contributed by atoms with van der Waals surface area (Å²) < 4.78 is 0. The predicted octanol–water partition coefficient (Wildman–Crippen LogP) is 0.510. The fraction of sp³-hybridized carbons (Fsp3) is 0.111. The summed E-state index contributed by atoms with van der Waals surface area (Å²) in [6, 6.07) is 6.38. The minimum atomic E-state index is -0.595. The second-order valence-corrected chi connectivity index (χ2v) is 2.88. The highest BCUT2D eigenvalue weighted by Crippen LogP contribution is 2.29. The number of anilines is 1. The van der Waals surface area contributed by atoms with Gasteiger partial charge < -0.3 is 11.1 Å². The Labute approximate surface area is 75.0 Å². The molecule has 0 fully saturated rings. The third-order valence-corrected chi connectivity index (χ3v) is 2.06. The number of nitrogens with one attached hydrogen (secondary N) is 1. The van der Waals surface area contributed by atoms with Gasteiger partial charge >= 0.3 is 0 Å². The van der Waals surface area contributed by atoms with Crippen molar-refractivity contribution in [3.8, 4) is 6.07 Å². The first-order valence-corrected chi connectivity index (χ1v) is 3.83. The molecule has 1 aromatic rings. The lowest BCUT2D eigenvalue weighted by atomic mass is 10.1. The zero-order chi connectivity index (χ0) is 9.42. The molecule has 0 saturated carbocycles. The normalized spacial score (nSPS) is 19.1. The van der Waals surface area contributed by atoms with E-state index in [-0.39, 0.29) is 5.91 Å². The first kappa shape index (κ1) is 7.77. The Morgan fingerprint density at radius 2 is 2.31 bits per heavy atom. The number of nitrogens with zero attached hydrogens (tertiary/aromatic N) is 1. The minimum absolute atomic E-state index is 0.218. The van der Waals surface area contributed by atoms with Gasteiger partial charge in [-0.2, -0.15) is 5.26 Å². The third kappa shape index (κ3) is 1.06.